The minimum atomic E-state index is -0.221. The van der Waals surface area contributed by atoms with Crippen molar-refractivity contribution in [2.24, 2.45) is 0 Å². The number of rotatable bonds is 6. The number of amides is 1. The number of nitrogens with zero attached hydrogens (tertiary/aromatic N) is 3. The molecule has 3 rings (SSSR count). The molecule has 0 aliphatic carbocycles. The van der Waals surface area contributed by atoms with E-state index in [1.54, 1.807) is 22.9 Å². The van der Waals surface area contributed by atoms with Gasteiger partial charge in [0.2, 0.25) is 5.91 Å². The Morgan fingerprint density at radius 3 is 2.96 bits per heavy atom. The SMILES string of the molecule is CCCOc1ccccc1/C=C/C(=O)Nc1ccc2nc(C)nn2c1. The van der Waals surface area contributed by atoms with E-state index in [-0.39, 0.29) is 5.91 Å². The van der Waals surface area contributed by atoms with Crippen LogP contribution >= 0.6 is 0 Å². The van der Waals surface area contributed by atoms with E-state index in [2.05, 4.69) is 22.3 Å². The predicted molar refractivity (Wildman–Crippen MR) is 97.6 cm³/mol. The molecular weight excluding hydrogens is 316 g/mol. The van der Waals surface area contributed by atoms with Gasteiger partial charge >= 0.3 is 0 Å². The summed E-state index contributed by atoms with van der Waals surface area (Å²) < 4.78 is 7.33. The first-order chi connectivity index (χ1) is 12.2. The van der Waals surface area contributed by atoms with Gasteiger partial charge in [0, 0.05) is 11.6 Å². The number of para-hydroxylation sites is 1. The second-order valence-electron chi connectivity index (χ2n) is 5.59. The number of aryl methyl sites for hydroxylation is 1. The summed E-state index contributed by atoms with van der Waals surface area (Å²) in [5.41, 5.74) is 2.27. The largest absolute Gasteiger partial charge is 0.493 e. The Labute approximate surface area is 146 Å². The van der Waals surface area contributed by atoms with Crippen LogP contribution in [-0.4, -0.2) is 27.1 Å². The Kier molecular flexibility index (Phi) is 5.09. The summed E-state index contributed by atoms with van der Waals surface area (Å²) >= 11 is 0. The Morgan fingerprint density at radius 1 is 1.28 bits per heavy atom. The molecule has 2 aromatic heterocycles. The van der Waals surface area contributed by atoms with Crippen molar-refractivity contribution in [1.82, 2.24) is 14.6 Å². The van der Waals surface area contributed by atoms with E-state index in [9.17, 15) is 4.79 Å². The molecule has 0 spiro atoms. The van der Waals surface area contributed by atoms with Crippen LogP contribution in [-0.2, 0) is 4.79 Å². The molecule has 0 saturated carbocycles. The lowest BCUT2D eigenvalue weighted by atomic mass is 10.2. The topological polar surface area (TPSA) is 68.5 Å². The number of benzene rings is 1. The van der Waals surface area contributed by atoms with Crippen molar-refractivity contribution in [3.8, 4) is 5.75 Å². The molecule has 2 heterocycles. The Bertz CT molecular complexity index is 915. The van der Waals surface area contributed by atoms with E-state index in [0.717, 1.165) is 23.4 Å². The summed E-state index contributed by atoms with van der Waals surface area (Å²) in [4.78, 5) is 16.4. The molecule has 0 atom stereocenters. The minimum absolute atomic E-state index is 0.221. The molecule has 6 nitrogen and oxygen atoms in total. The van der Waals surface area contributed by atoms with Gasteiger partial charge in [0.1, 0.15) is 11.6 Å². The Morgan fingerprint density at radius 2 is 2.12 bits per heavy atom. The number of nitrogens with one attached hydrogen (secondary N) is 1. The zero-order valence-corrected chi connectivity index (χ0v) is 14.3. The minimum Gasteiger partial charge on any atom is -0.493 e. The van der Waals surface area contributed by atoms with Gasteiger partial charge in [-0.2, -0.15) is 5.10 Å². The maximum absolute atomic E-state index is 12.2. The van der Waals surface area contributed by atoms with Crippen LogP contribution in [0.15, 0.2) is 48.7 Å². The lowest BCUT2D eigenvalue weighted by molar-refractivity contribution is -0.111. The number of anilines is 1. The highest BCUT2D eigenvalue weighted by atomic mass is 16.5. The van der Waals surface area contributed by atoms with E-state index in [1.807, 2.05) is 37.3 Å². The molecule has 0 saturated heterocycles. The number of fused-ring (bicyclic) bond motifs is 1. The number of carbonyl (C=O) groups is 1. The third-order valence-corrected chi connectivity index (χ3v) is 3.50. The van der Waals surface area contributed by atoms with Crippen LogP contribution in [0.25, 0.3) is 11.7 Å². The van der Waals surface area contributed by atoms with Crippen LogP contribution in [0, 0.1) is 6.92 Å². The number of aromatic nitrogens is 3. The second kappa shape index (κ2) is 7.61. The molecule has 0 aliphatic heterocycles. The quantitative estimate of drug-likeness (QED) is 0.700. The fraction of sp³-hybridized carbons (Fsp3) is 0.211. The Balaban J connectivity index is 1.70. The third-order valence-electron chi connectivity index (χ3n) is 3.50. The van der Waals surface area contributed by atoms with Crippen molar-refractivity contribution >= 4 is 23.3 Å². The van der Waals surface area contributed by atoms with Crippen molar-refractivity contribution in [1.29, 1.82) is 0 Å². The molecule has 0 radical (unpaired) electrons. The van der Waals surface area contributed by atoms with Crippen LogP contribution in [0.1, 0.15) is 24.7 Å². The van der Waals surface area contributed by atoms with E-state index >= 15 is 0 Å². The monoisotopic (exact) mass is 336 g/mol. The Hall–Kier alpha value is -3.15. The molecule has 1 N–H and O–H groups in total. The molecule has 0 fully saturated rings. The van der Waals surface area contributed by atoms with Crippen LogP contribution in [0.4, 0.5) is 5.69 Å². The summed E-state index contributed by atoms with van der Waals surface area (Å²) in [6.07, 6.45) is 5.91. The number of ether oxygens (including phenoxy) is 1. The van der Waals surface area contributed by atoms with Crippen LogP contribution in [0.5, 0.6) is 5.75 Å². The molecule has 6 heteroatoms. The molecule has 0 aliphatic rings. The van der Waals surface area contributed by atoms with Crippen molar-refractivity contribution < 1.29 is 9.53 Å². The lowest BCUT2D eigenvalue weighted by Crippen LogP contribution is -2.08. The first kappa shape index (κ1) is 16.7. The van der Waals surface area contributed by atoms with Crippen molar-refractivity contribution in [3.05, 3.63) is 60.1 Å². The lowest BCUT2D eigenvalue weighted by Gasteiger charge is -2.07. The van der Waals surface area contributed by atoms with Gasteiger partial charge in [-0.25, -0.2) is 9.50 Å². The number of pyridine rings is 1. The molecular formula is C19H20N4O2. The standard InChI is InChI=1S/C19H20N4O2/c1-3-12-25-17-7-5-4-6-15(17)8-11-19(24)21-16-9-10-18-20-14(2)22-23(18)13-16/h4-11,13H,3,12H2,1-2H3,(H,21,24)/b11-8+. The second-order valence-corrected chi connectivity index (χ2v) is 5.59. The van der Waals surface area contributed by atoms with Gasteiger partial charge in [-0.1, -0.05) is 25.1 Å². The number of hydrogen-bond donors (Lipinski definition) is 1. The average Bonchev–Trinajstić information content (AvgIpc) is 2.98. The molecule has 0 unspecified atom stereocenters. The molecule has 1 aromatic carbocycles. The van der Waals surface area contributed by atoms with Crippen molar-refractivity contribution in [2.75, 3.05) is 11.9 Å². The first-order valence-corrected chi connectivity index (χ1v) is 8.19. The normalized spacial score (nSPS) is 11.1. The van der Waals surface area contributed by atoms with Gasteiger partial charge in [-0.05, 0) is 37.6 Å². The highest BCUT2D eigenvalue weighted by Gasteiger charge is 2.04. The molecule has 1 amide bonds. The van der Waals surface area contributed by atoms with E-state index in [4.69, 9.17) is 4.74 Å². The fourth-order valence-electron chi connectivity index (χ4n) is 2.38. The summed E-state index contributed by atoms with van der Waals surface area (Å²) in [6.45, 7) is 4.53. The van der Waals surface area contributed by atoms with Crippen molar-refractivity contribution in [2.45, 2.75) is 20.3 Å². The first-order valence-electron chi connectivity index (χ1n) is 8.19. The van der Waals surface area contributed by atoms with Gasteiger partial charge in [0.15, 0.2) is 5.65 Å². The van der Waals surface area contributed by atoms with E-state index in [1.165, 1.54) is 6.08 Å². The zero-order valence-electron chi connectivity index (χ0n) is 14.3. The van der Waals surface area contributed by atoms with Gasteiger partial charge in [-0.15, -0.1) is 0 Å². The molecule has 25 heavy (non-hydrogen) atoms. The van der Waals surface area contributed by atoms with Crippen LogP contribution in [0.3, 0.4) is 0 Å². The molecule has 0 bridgehead atoms. The van der Waals surface area contributed by atoms with Gasteiger partial charge in [0.05, 0.1) is 18.5 Å². The summed E-state index contributed by atoms with van der Waals surface area (Å²) in [5.74, 6) is 1.24. The molecule has 128 valence electrons. The predicted octanol–water partition coefficient (Wildman–Crippen LogP) is 3.48. The van der Waals surface area contributed by atoms with E-state index < -0.39 is 0 Å². The average molecular weight is 336 g/mol. The third kappa shape index (κ3) is 4.23. The van der Waals surface area contributed by atoms with Crippen molar-refractivity contribution in [3.63, 3.8) is 0 Å². The summed E-state index contributed by atoms with van der Waals surface area (Å²) in [7, 11) is 0. The van der Waals surface area contributed by atoms with Gasteiger partial charge < -0.3 is 10.1 Å². The van der Waals surface area contributed by atoms with Crippen LogP contribution < -0.4 is 10.1 Å². The number of carbonyl (C=O) groups excluding carboxylic acids is 1. The number of hydrogen-bond acceptors (Lipinski definition) is 4. The maximum Gasteiger partial charge on any atom is 0.248 e. The highest BCUT2D eigenvalue weighted by molar-refractivity contribution is 6.02. The highest BCUT2D eigenvalue weighted by Crippen LogP contribution is 2.19. The zero-order chi connectivity index (χ0) is 17.6. The van der Waals surface area contributed by atoms with E-state index in [0.29, 0.717) is 18.1 Å². The van der Waals surface area contributed by atoms with Gasteiger partial charge in [-0.3, -0.25) is 4.79 Å². The maximum atomic E-state index is 12.2. The van der Waals surface area contributed by atoms with Gasteiger partial charge in [0.25, 0.3) is 0 Å². The fourth-order valence-corrected chi connectivity index (χ4v) is 2.38. The molecule has 3 aromatic rings. The summed E-state index contributed by atoms with van der Waals surface area (Å²) in [5, 5.41) is 7.06. The van der Waals surface area contributed by atoms with Crippen LogP contribution in [0.2, 0.25) is 0 Å². The smallest absolute Gasteiger partial charge is 0.248 e. The summed E-state index contributed by atoms with van der Waals surface area (Å²) in [6, 6.07) is 11.3.